The molecule has 1 aromatic heterocycles. The third-order valence-corrected chi connectivity index (χ3v) is 4.62. The molecule has 1 fully saturated rings. The van der Waals surface area contributed by atoms with Gasteiger partial charge in [-0.05, 0) is 27.0 Å². The smallest absolute Gasteiger partial charge is 0.265 e. The SMILES string of the molecule is C#C/C=c1/nc(CN2CCN(C)CC2)n(/C(C)=C/C=C\C=C)c(=O)/c1=C/C. The quantitative estimate of drug-likeness (QED) is 0.573. The van der Waals surface area contributed by atoms with E-state index in [1.165, 1.54) is 0 Å². The largest absolute Gasteiger partial charge is 0.304 e. The fraction of sp³-hybridized carbons (Fsp3) is 0.364. The minimum absolute atomic E-state index is 0.0983. The number of rotatable bonds is 5. The van der Waals surface area contributed by atoms with Crippen LogP contribution in [0.2, 0.25) is 0 Å². The van der Waals surface area contributed by atoms with Crippen LogP contribution in [0.5, 0.6) is 0 Å². The second kappa shape index (κ2) is 9.86. The molecule has 0 saturated carbocycles. The number of hydrogen-bond donors (Lipinski definition) is 0. The molecule has 0 spiro atoms. The van der Waals surface area contributed by atoms with Gasteiger partial charge in [-0.15, -0.1) is 6.42 Å². The average Bonchev–Trinajstić information content (AvgIpc) is 2.64. The van der Waals surface area contributed by atoms with Gasteiger partial charge in [0.15, 0.2) is 0 Å². The molecule has 27 heavy (non-hydrogen) atoms. The van der Waals surface area contributed by atoms with Gasteiger partial charge in [-0.3, -0.25) is 14.3 Å². The predicted octanol–water partition coefficient (Wildman–Crippen LogP) is 0.808. The van der Waals surface area contributed by atoms with E-state index in [4.69, 9.17) is 11.4 Å². The monoisotopic (exact) mass is 364 g/mol. The van der Waals surface area contributed by atoms with Gasteiger partial charge < -0.3 is 4.90 Å². The van der Waals surface area contributed by atoms with Crippen LogP contribution in [0.1, 0.15) is 19.7 Å². The zero-order valence-corrected chi connectivity index (χ0v) is 16.5. The highest BCUT2D eigenvalue weighted by Gasteiger charge is 2.18. The van der Waals surface area contributed by atoms with Crippen molar-refractivity contribution in [2.24, 2.45) is 0 Å². The Hall–Kier alpha value is -2.68. The first kappa shape index (κ1) is 20.6. The Morgan fingerprint density at radius 2 is 2.00 bits per heavy atom. The van der Waals surface area contributed by atoms with E-state index >= 15 is 0 Å². The lowest BCUT2D eigenvalue weighted by Crippen LogP contribution is -2.50. The Bertz CT molecular complexity index is 952. The molecule has 0 radical (unpaired) electrons. The second-order valence-electron chi connectivity index (χ2n) is 6.58. The second-order valence-corrected chi connectivity index (χ2v) is 6.58. The molecule has 0 N–H and O–H groups in total. The van der Waals surface area contributed by atoms with E-state index in [0.29, 0.717) is 22.9 Å². The maximum atomic E-state index is 13.2. The van der Waals surface area contributed by atoms with E-state index < -0.39 is 0 Å². The fourth-order valence-electron chi connectivity index (χ4n) is 3.08. The summed E-state index contributed by atoms with van der Waals surface area (Å²) in [6.07, 6.45) is 16.1. The van der Waals surface area contributed by atoms with Crippen LogP contribution in [0, 0.1) is 12.3 Å². The zero-order valence-electron chi connectivity index (χ0n) is 16.5. The van der Waals surface area contributed by atoms with Gasteiger partial charge in [0.05, 0.1) is 17.1 Å². The Morgan fingerprint density at radius 3 is 2.59 bits per heavy atom. The van der Waals surface area contributed by atoms with Gasteiger partial charge in [0.25, 0.3) is 5.56 Å². The minimum Gasteiger partial charge on any atom is -0.304 e. The molecule has 0 atom stereocenters. The molecule has 1 saturated heterocycles. The van der Waals surface area contributed by atoms with Crippen molar-refractivity contribution >= 4 is 17.8 Å². The average molecular weight is 364 g/mol. The summed E-state index contributed by atoms with van der Waals surface area (Å²) in [6.45, 7) is 11.9. The summed E-state index contributed by atoms with van der Waals surface area (Å²) in [7, 11) is 2.12. The van der Waals surface area contributed by atoms with Crippen LogP contribution in [0.25, 0.3) is 17.8 Å². The molecule has 142 valence electrons. The highest BCUT2D eigenvalue weighted by molar-refractivity contribution is 5.48. The first-order valence-corrected chi connectivity index (χ1v) is 9.13. The number of piperazine rings is 1. The van der Waals surface area contributed by atoms with E-state index in [9.17, 15) is 4.79 Å². The van der Waals surface area contributed by atoms with Crippen LogP contribution in [-0.4, -0.2) is 52.6 Å². The van der Waals surface area contributed by atoms with Gasteiger partial charge in [0, 0.05) is 38.0 Å². The summed E-state index contributed by atoms with van der Waals surface area (Å²) in [5, 5.41) is 1.08. The molecule has 5 heteroatoms. The van der Waals surface area contributed by atoms with Crippen molar-refractivity contribution in [1.29, 1.82) is 0 Å². The lowest BCUT2D eigenvalue weighted by Gasteiger charge is -2.32. The van der Waals surface area contributed by atoms with Crippen molar-refractivity contribution in [3.63, 3.8) is 0 Å². The van der Waals surface area contributed by atoms with E-state index in [1.54, 1.807) is 22.8 Å². The Kier molecular flexibility index (Phi) is 7.54. The van der Waals surface area contributed by atoms with Crippen LogP contribution in [0.3, 0.4) is 0 Å². The van der Waals surface area contributed by atoms with E-state index in [0.717, 1.165) is 31.9 Å². The van der Waals surface area contributed by atoms with Crippen LogP contribution in [0.4, 0.5) is 0 Å². The summed E-state index contributed by atoms with van der Waals surface area (Å²) in [4.78, 5) is 22.5. The molecule has 1 aliphatic heterocycles. The molecule has 2 rings (SSSR count). The number of nitrogens with zero attached hydrogens (tertiary/aromatic N) is 4. The molecule has 1 aliphatic rings. The summed E-state index contributed by atoms with van der Waals surface area (Å²) in [6, 6.07) is 0. The molecule has 2 heterocycles. The first-order valence-electron chi connectivity index (χ1n) is 9.13. The normalized spacial score (nSPS) is 18.2. The third kappa shape index (κ3) is 5.16. The van der Waals surface area contributed by atoms with Gasteiger partial charge >= 0.3 is 0 Å². The molecule has 0 bridgehead atoms. The van der Waals surface area contributed by atoms with Crippen molar-refractivity contribution in [2.45, 2.75) is 20.4 Å². The highest BCUT2D eigenvalue weighted by atomic mass is 16.1. The molecule has 0 unspecified atom stereocenters. The molecule has 0 aliphatic carbocycles. The first-order chi connectivity index (χ1) is 13.0. The Labute approximate surface area is 161 Å². The maximum Gasteiger partial charge on any atom is 0.265 e. The van der Waals surface area contributed by atoms with Gasteiger partial charge in [0.1, 0.15) is 5.82 Å². The molecule has 1 aromatic rings. The summed E-state index contributed by atoms with van der Waals surface area (Å²) in [5.41, 5.74) is 0.712. The summed E-state index contributed by atoms with van der Waals surface area (Å²) < 4.78 is 1.69. The lowest BCUT2D eigenvalue weighted by atomic mass is 10.2. The molecule has 5 nitrogen and oxygen atoms in total. The summed E-state index contributed by atoms with van der Waals surface area (Å²) in [5.74, 6) is 3.21. The van der Waals surface area contributed by atoms with Crippen molar-refractivity contribution in [3.05, 3.63) is 57.6 Å². The molecular weight excluding hydrogens is 336 g/mol. The Balaban J connectivity index is 2.61. The fourth-order valence-corrected chi connectivity index (χ4v) is 3.08. The van der Waals surface area contributed by atoms with Crippen LogP contribution in [0.15, 0.2) is 35.7 Å². The molecule has 0 aromatic carbocycles. The number of likely N-dealkylation sites (N-methyl/N-ethyl adjacent to an activating group) is 1. The van der Waals surface area contributed by atoms with E-state index in [2.05, 4.69) is 29.3 Å². The predicted molar refractivity (Wildman–Crippen MR) is 113 cm³/mol. The number of hydrogen-bond acceptors (Lipinski definition) is 4. The summed E-state index contributed by atoms with van der Waals surface area (Å²) >= 11 is 0. The maximum absolute atomic E-state index is 13.2. The Morgan fingerprint density at radius 1 is 1.30 bits per heavy atom. The van der Waals surface area contributed by atoms with Gasteiger partial charge in [-0.25, -0.2) is 4.98 Å². The minimum atomic E-state index is -0.0983. The molecule has 0 amide bonds. The zero-order chi connectivity index (χ0) is 19.8. The standard InChI is InChI=1S/C22H28N4O/c1-6-9-10-12-18(4)26-21(17-25-15-13-24(5)14-16-25)23-20(11-7-2)19(8-3)22(26)27/h2,6,8-12H,1,13-17H2,3-5H3/b10-9-,18-12+,19-8+,20-11+. The highest BCUT2D eigenvalue weighted by Crippen LogP contribution is 2.08. The number of terminal acetylenes is 1. The number of aromatic nitrogens is 2. The van der Waals surface area contributed by atoms with Crippen molar-refractivity contribution in [3.8, 4) is 12.3 Å². The van der Waals surface area contributed by atoms with E-state index in [-0.39, 0.29) is 5.56 Å². The van der Waals surface area contributed by atoms with Crippen molar-refractivity contribution in [2.75, 3.05) is 33.2 Å². The van der Waals surface area contributed by atoms with E-state index in [1.807, 2.05) is 32.1 Å². The lowest BCUT2D eigenvalue weighted by molar-refractivity contribution is 0.144. The number of allylic oxidation sites excluding steroid dienone is 5. The van der Waals surface area contributed by atoms with Crippen LogP contribution < -0.4 is 16.1 Å². The van der Waals surface area contributed by atoms with Crippen molar-refractivity contribution in [1.82, 2.24) is 19.4 Å². The van der Waals surface area contributed by atoms with Crippen molar-refractivity contribution < 1.29 is 0 Å². The third-order valence-electron chi connectivity index (χ3n) is 4.62. The van der Waals surface area contributed by atoms with Gasteiger partial charge in [0.2, 0.25) is 0 Å². The van der Waals surface area contributed by atoms with Gasteiger partial charge in [-0.2, -0.15) is 0 Å². The topological polar surface area (TPSA) is 41.4 Å². The van der Waals surface area contributed by atoms with Crippen LogP contribution >= 0.6 is 0 Å². The van der Waals surface area contributed by atoms with Crippen LogP contribution in [-0.2, 0) is 6.54 Å². The molecular formula is C22H28N4O. The van der Waals surface area contributed by atoms with Gasteiger partial charge in [-0.1, -0.05) is 36.8 Å².